The molecule has 1 unspecified atom stereocenters. The van der Waals surface area contributed by atoms with Crippen LogP contribution in [0.25, 0.3) is 0 Å². The second-order valence-corrected chi connectivity index (χ2v) is 7.84. The summed E-state index contributed by atoms with van der Waals surface area (Å²) >= 11 is 0. The average molecular weight is 341 g/mol. The maximum absolute atomic E-state index is 12.9. The monoisotopic (exact) mass is 341 g/mol. The number of piperidine rings is 1. The van der Waals surface area contributed by atoms with Crippen molar-refractivity contribution in [1.29, 1.82) is 0 Å². The van der Waals surface area contributed by atoms with Crippen LogP contribution >= 0.6 is 0 Å². The Morgan fingerprint density at radius 3 is 2.40 bits per heavy atom. The summed E-state index contributed by atoms with van der Waals surface area (Å²) < 4.78 is 0. The summed E-state index contributed by atoms with van der Waals surface area (Å²) in [6.45, 7) is 6.75. The van der Waals surface area contributed by atoms with Crippen LogP contribution in [0, 0.1) is 0 Å². The normalized spacial score (nSPS) is 29.4. The Bertz CT molecular complexity index is 669. The van der Waals surface area contributed by atoms with Crippen LogP contribution in [0.2, 0.25) is 0 Å². The van der Waals surface area contributed by atoms with E-state index in [1.54, 1.807) is 9.80 Å². The van der Waals surface area contributed by atoms with Gasteiger partial charge in [-0.2, -0.15) is 0 Å². The zero-order chi connectivity index (χ0) is 17.6. The van der Waals surface area contributed by atoms with Crippen molar-refractivity contribution in [2.75, 3.05) is 19.6 Å². The minimum absolute atomic E-state index is 0.0320. The van der Waals surface area contributed by atoms with Crippen molar-refractivity contribution in [2.45, 2.75) is 57.2 Å². The van der Waals surface area contributed by atoms with Crippen molar-refractivity contribution in [2.24, 2.45) is 0 Å². The second-order valence-electron chi connectivity index (χ2n) is 7.84. The Kier molecular flexibility index (Phi) is 4.07. The number of hydrogen-bond acceptors (Lipinski definition) is 3. The number of fused-ring (bicyclic) bond motifs is 1. The van der Waals surface area contributed by atoms with Gasteiger partial charge >= 0.3 is 6.03 Å². The summed E-state index contributed by atoms with van der Waals surface area (Å²) in [4.78, 5) is 31.5. The smallest absolute Gasteiger partial charge is 0.310 e. The number of amides is 3. The lowest BCUT2D eigenvalue weighted by Gasteiger charge is -2.38. The van der Waals surface area contributed by atoms with Gasteiger partial charge in [0.2, 0.25) is 0 Å². The molecule has 3 amide bonds. The van der Waals surface area contributed by atoms with Crippen LogP contribution in [-0.2, 0) is 4.79 Å². The molecule has 0 aliphatic carbocycles. The van der Waals surface area contributed by atoms with E-state index >= 15 is 0 Å². The molecule has 3 aliphatic rings. The van der Waals surface area contributed by atoms with Crippen molar-refractivity contribution in [3.8, 4) is 0 Å². The van der Waals surface area contributed by atoms with E-state index < -0.39 is 5.54 Å². The molecule has 3 aliphatic heterocycles. The summed E-state index contributed by atoms with van der Waals surface area (Å²) in [5, 5.41) is 0. The molecule has 1 aromatic rings. The zero-order valence-corrected chi connectivity index (χ0v) is 15.1. The molecule has 0 N–H and O–H groups in total. The van der Waals surface area contributed by atoms with Gasteiger partial charge < -0.3 is 4.90 Å². The molecule has 0 bridgehead atoms. The van der Waals surface area contributed by atoms with Gasteiger partial charge in [0.25, 0.3) is 5.91 Å². The largest absolute Gasteiger partial charge is 0.327 e. The Morgan fingerprint density at radius 2 is 1.76 bits per heavy atom. The number of nitrogens with zero attached hydrogens (tertiary/aromatic N) is 3. The van der Waals surface area contributed by atoms with Crippen LogP contribution in [0.4, 0.5) is 4.79 Å². The average Bonchev–Trinajstić information content (AvgIpc) is 3.12. The van der Waals surface area contributed by atoms with Crippen molar-refractivity contribution >= 4 is 11.9 Å². The number of carbonyl (C=O) groups excluding carboxylic acids is 2. The SMILES string of the molecule is CC(c1ccccc1)N1CCC(N2C(=O)N3CCC[C@@]3(C)C2=O)CC1. The van der Waals surface area contributed by atoms with E-state index in [1.165, 1.54) is 5.56 Å². The lowest BCUT2D eigenvalue weighted by Crippen LogP contribution is -2.49. The van der Waals surface area contributed by atoms with Crippen molar-refractivity contribution in [3.05, 3.63) is 35.9 Å². The summed E-state index contributed by atoms with van der Waals surface area (Å²) in [6, 6.07) is 10.9. The minimum atomic E-state index is -0.578. The molecule has 0 aromatic heterocycles. The number of benzene rings is 1. The topological polar surface area (TPSA) is 43.9 Å². The molecule has 3 fully saturated rings. The van der Waals surface area contributed by atoms with Gasteiger partial charge in [-0.05, 0) is 45.1 Å². The Labute approximate surface area is 149 Å². The summed E-state index contributed by atoms with van der Waals surface area (Å²) in [5.74, 6) is 0.0320. The van der Waals surface area contributed by atoms with Gasteiger partial charge in [0.1, 0.15) is 5.54 Å². The van der Waals surface area contributed by atoms with Crippen LogP contribution in [0.1, 0.15) is 51.1 Å². The third kappa shape index (κ3) is 2.56. The summed E-state index contributed by atoms with van der Waals surface area (Å²) in [5.41, 5.74) is 0.744. The van der Waals surface area contributed by atoms with Gasteiger partial charge in [-0.15, -0.1) is 0 Å². The number of imide groups is 1. The van der Waals surface area contributed by atoms with E-state index in [9.17, 15) is 9.59 Å². The van der Waals surface area contributed by atoms with Crippen LogP contribution in [0.5, 0.6) is 0 Å². The maximum Gasteiger partial charge on any atom is 0.327 e. The molecule has 5 heteroatoms. The molecular formula is C20H27N3O2. The van der Waals surface area contributed by atoms with E-state index in [4.69, 9.17) is 0 Å². The molecule has 2 atom stereocenters. The number of hydrogen-bond donors (Lipinski definition) is 0. The highest BCUT2D eigenvalue weighted by molar-refractivity contribution is 6.07. The van der Waals surface area contributed by atoms with Crippen LogP contribution in [-0.4, -0.2) is 57.9 Å². The Morgan fingerprint density at radius 1 is 1.08 bits per heavy atom. The molecule has 4 rings (SSSR count). The van der Waals surface area contributed by atoms with E-state index in [0.717, 1.165) is 45.3 Å². The van der Waals surface area contributed by atoms with Crippen molar-refractivity contribution < 1.29 is 9.59 Å². The predicted octanol–water partition coefficient (Wildman–Crippen LogP) is 3.03. The van der Waals surface area contributed by atoms with Gasteiger partial charge in [0.05, 0.1) is 0 Å². The van der Waals surface area contributed by atoms with Crippen LogP contribution in [0.15, 0.2) is 30.3 Å². The highest BCUT2D eigenvalue weighted by atomic mass is 16.2. The molecule has 3 heterocycles. The number of rotatable bonds is 3. The lowest BCUT2D eigenvalue weighted by atomic mass is 9.96. The standard InChI is InChI=1S/C20H27N3O2/c1-15(16-7-4-3-5-8-16)21-13-9-17(10-14-21)23-18(24)20(2)11-6-12-22(20)19(23)25/h3-5,7-8,15,17H,6,9-14H2,1-2H3/t15?,20-/m0/s1. The first-order valence-electron chi connectivity index (χ1n) is 9.46. The third-order valence-electron chi connectivity index (χ3n) is 6.45. The number of carbonyl (C=O) groups is 2. The lowest BCUT2D eigenvalue weighted by molar-refractivity contribution is -0.134. The predicted molar refractivity (Wildman–Crippen MR) is 96.0 cm³/mol. The maximum atomic E-state index is 12.9. The van der Waals surface area contributed by atoms with Crippen LogP contribution < -0.4 is 0 Å². The highest BCUT2D eigenvalue weighted by Crippen LogP contribution is 2.39. The first kappa shape index (κ1) is 16.6. The van der Waals surface area contributed by atoms with E-state index in [-0.39, 0.29) is 18.0 Å². The first-order chi connectivity index (χ1) is 12.0. The fourth-order valence-corrected chi connectivity index (χ4v) is 4.76. The molecular weight excluding hydrogens is 314 g/mol. The first-order valence-corrected chi connectivity index (χ1v) is 9.46. The third-order valence-corrected chi connectivity index (χ3v) is 6.45. The zero-order valence-electron chi connectivity index (χ0n) is 15.1. The van der Waals surface area contributed by atoms with Gasteiger partial charge in [-0.25, -0.2) is 4.79 Å². The van der Waals surface area contributed by atoms with Crippen LogP contribution in [0.3, 0.4) is 0 Å². The quantitative estimate of drug-likeness (QED) is 0.794. The summed E-state index contributed by atoms with van der Waals surface area (Å²) in [7, 11) is 0. The van der Waals surface area contributed by atoms with Gasteiger partial charge in [0, 0.05) is 31.7 Å². The highest BCUT2D eigenvalue weighted by Gasteiger charge is 2.58. The molecule has 0 saturated carbocycles. The van der Waals surface area contributed by atoms with E-state index in [0.29, 0.717) is 6.04 Å². The second kappa shape index (κ2) is 6.13. The molecule has 134 valence electrons. The van der Waals surface area contributed by atoms with E-state index in [2.05, 4.69) is 36.1 Å². The fourth-order valence-electron chi connectivity index (χ4n) is 4.76. The molecule has 0 spiro atoms. The van der Waals surface area contributed by atoms with E-state index in [1.807, 2.05) is 13.0 Å². The molecule has 1 aromatic carbocycles. The summed E-state index contributed by atoms with van der Waals surface area (Å²) in [6.07, 6.45) is 3.49. The number of likely N-dealkylation sites (tertiary alicyclic amines) is 1. The molecule has 5 nitrogen and oxygen atoms in total. The minimum Gasteiger partial charge on any atom is -0.310 e. The fraction of sp³-hybridized carbons (Fsp3) is 0.600. The van der Waals surface area contributed by atoms with Crippen molar-refractivity contribution in [3.63, 3.8) is 0 Å². The Hall–Kier alpha value is -1.88. The van der Waals surface area contributed by atoms with Gasteiger partial charge in [-0.1, -0.05) is 30.3 Å². The Balaban J connectivity index is 1.43. The number of urea groups is 1. The molecule has 25 heavy (non-hydrogen) atoms. The molecule has 0 radical (unpaired) electrons. The van der Waals surface area contributed by atoms with Crippen molar-refractivity contribution in [1.82, 2.24) is 14.7 Å². The van der Waals surface area contributed by atoms with Gasteiger partial charge in [-0.3, -0.25) is 14.6 Å². The van der Waals surface area contributed by atoms with Gasteiger partial charge in [0.15, 0.2) is 0 Å². The molecule has 3 saturated heterocycles.